The zero-order valence-electron chi connectivity index (χ0n) is 15.5. The molecule has 0 radical (unpaired) electrons. The molecule has 5 nitrogen and oxygen atoms in total. The van der Waals surface area contributed by atoms with Crippen molar-refractivity contribution in [2.45, 2.75) is 33.7 Å². The Hall–Kier alpha value is -2.77. The summed E-state index contributed by atoms with van der Waals surface area (Å²) in [6.45, 7) is 6.69. The molecule has 0 fully saturated rings. The van der Waals surface area contributed by atoms with Crippen LogP contribution in [0.3, 0.4) is 0 Å². The quantitative estimate of drug-likeness (QED) is 0.680. The van der Waals surface area contributed by atoms with Crippen molar-refractivity contribution < 1.29 is 17.9 Å². The molecule has 3 rings (SSSR count). The molecule has 0 aliphatic heterocycles. The standard InChI is InChI=1S/C19H20F3N3O2/c1-18(2,3)11-25-15-10-9-14(23-16(15)24(4)17(25)26)12-5-7-13(8-6-12)27-19(20,21)22/h5-10H,11H2,1-4H3. The maximum Gasteiger partial charge on any atom is 0.573 e. The third-order valence-electron chi connectivity index (χ3n) is 4.00. The van der Waals surface area contributed by atoms with E-state index in [1.54, 1.807) is 17.7 Å². The van der Waals surface area contributed by atoms with Gasteiger partial charge < -0.3 is 4.74 Å². The Balaban J connectivity index is 2.00. The van der Waals surface area contributed by atoms with Gasteiger partial charge in [-0.25, -0.2) is 9.78 Å². The molecule has 2 heterocycles. The summed E-state index contributed by atoms with van der Waals surface area (Å²) in [5.41, 5.74) is 2.20. The highest BCUT2D eigenvalue weighted by atomic mass is 19.4. The van der Waals surface area contributed by atoms with Crippen LogP contribution in [-0.4, -0.2) is 20.5 Å². The second-order valence-electron chi connectivity index (χ2n) is 7.60. The first-order valence-corrected chi connectivity index (χ1v) is 8.37. The molecule has 0 bridgehead atoms. The molecule has 144 valence electrons. The summed E-state index contributed by atoms with van der Waals surface area (Å²) in [4.78, 5) is 17.1. The van der Waals surface area contributed by atoms with Crippen LogP contribution in [0.2, 0.25) is 0 Å². The van der Waals surface area contributed by atoms with Crippen LogP contribution in [0.4, 0.5) is 13.2 Å². The number of hydrogen-bond donors (Lipinski definition) is 0. The molecule has 0 spiro atoms. The smallest absolute Gasteiger partial charge is 0.406 e. The van der Waals surface area contributed by atoms with Crippen LogP contribution in [0.25, 0.3) is 22.4 Å². The Labute approximate surface area is 154 Å². The minimum atomic E-state index is -4.73. The average Bonchev–Trinajstić information content (AvgIpc) is 2.77. The summed E-state index contributed by atoms with van der Waals surface area (Å²) in [7, 11) is 1.65. The number of imidazole rings is 1. The van der Waals surface area contributed by atoms with E-state index >= 15 is 0 Å². The molecule has 0 atom stereocenters. The van der Waals surface area contributed by atoms with Crippen LogP contribution in [0.1, 0.15) is 20.8 Å². The zero-order chi connectivity index (χ0) is 20.0. The van der Waals surface area contributed by atoms with Crippen LogP contribution in [0.15, 0.2) is 41.2 Å². The highest BCUT2D eigenvalue weighted by molar-refractivity contribution is 5.76. The lowest BCUT2D eigenvalue weighted by Crippen LogP contribution is -2.27. The fraction of sp³-hybridized carbons (Fsp3) is 0.368. The summed E-state index contributed by atoms with van der Waals surface area (Å²) in [6.07, 6.45) is -4.73. The van der Waals surface area contributed by atoms with Crippen molar-refractivity contribution in [3.8, 4) is 17.0 Å². The number of rotatable bonds is 3. The third kappa shape index (κ3) is 4.15. The highest BCUT2D eigenvalue weighted by Crippen LogP contribution is 2.27. The first-order chi connectivity index (χ1) is 12.4. The Morgan fingerprint density at radius 1 is 1.04 bits per heavy atom. The van der Waals surface area contributed by atoms with E-state index in [-0.39, 0.29) is 16.9 Å². The van der Waals surface area contributed by atoms with E-state index in [1.807, 2.05) is 26.8 Å². The predicted octanol–water partition coefficient (Wildman–Crippen LogP) is 4.35. The molecule has 1 aromatic carbocycles. The van der Waals surface area contributed by atoms with Crippen LogP contribution in [0, 0.1) is 5.41 Å². The fourth-order valence-electron chi connectivity index (χ4n) is 2.89. The molecule has 0 amide bonds. The van der Waals surface area contributed by atoms with Crippen LogP contribution in [-0.2, 0) is 13.6 Å². The monoisotopic (exact) mass is 379 g/mol. The van der Waals surface area contributed by atoms with Gasteiger partial charge in [0.1, 0.15) is 5.75 Å². The SMILES string of the molecule is Cn1c(=O)n(CC(C)(C)C)c2ccc(-c3ccc(OC(F)(F)F)cc3)nc21. The molecule has 0 aliphatic rings. The first-order valence-electron chi connectivity index (χ1n) is 8.37. The van der Waals surface area contributed by atoms with E-state index < -0.39 is 6.36 Å². The number of nitrogens with zero attached hydrogens (tertiary/aromatic N) is 3. The van der Waals surface area contributed by atoms with E-state index in [0.29, 0.717) is 23.4 Å². The molecule has 0 saturated heterocycles. The van der Waals surface area contributed by atoms with E-state index in [9.17, 15) is 18.0 Å². The Morgan fingerprint density at radius 3 is 2.22 bits per heavy atom. The molecule has 0 unspecified atom stereocenters. The number of ether oxygens (including phenoxy) is 1. The number of benzene rings is 1. The number of pyridine rings is 1. The maximum absolute atomic E-state index is 12.6. The van der Waals surface area contributed by atoms with E-state index in [1.165, 1.54) is 28.8 Å². The molecule has 0 N–H and O–H groups in total. The van der Waals surface area contributed by atoms with Gasteiger partial charge in [-0.05, 0) is 41.8 Å². The van der Waals surface area contributed by atoms with E-state index in [4.69, 9.17) is 0 Å². The number of halogens is 3. The number of fused-ring (bicyclic) bond motifs is 1. The van der Waals surface area contributed by atoms with Crippen molar-refractivity contribution in [2.24, 2.45) is 12.5 Å². The summed E-state index contributed by atoms with van der Waals surface area (Å²) in [6, 6.07) is 9.03. The molecule has 3 aromatic rings. The average molecular weight is 379 g/mol. The number of aryl methyl sites for hydroxylation is 1. The molecule has 2 aromatic heterocycles. The van der Waals surface area contributed by atoms with Gasteiger partial charge in [-0.3, -0.25) is 9.13 Å². The van der Waals surface area contributed by atoms with E-state index in [0.717, 1.165) is 5.52 Å². The van der Waals surface area contributed by atoms with Crippen LogP contribution >= 0.6 is 0 Å². The van der Waals surface area contributed by atoms with Gasteiger partial charge in [0.25, 0.3) is 0 Å². The van der Waals surface area contributed by atoms with Crippen molar-refractivity contribution in [1.82, 2.24) is 14.1 Å². The third-order valence-corrected chi connectivity index (χ3v) is 4.00. The minimum Gasteiger partial charge on any atom is -0.406 e. The molecule has 0 saturated carbocycles. The van der Waals surface area contributed by atoms with Crippen molar-refractivity contribution in [2.75, 3.05) is 0 Å². The Bertz CT molecular complexity index is 1030. The lowest BCUT2D eigenvalue weighted by Gasteiger charge is -2.18. The normalized spacial score (nSPS) is 12.6. The number of alkyl halides is 3. The fourth-order valence-corrected chi connectivity index (χ4v) is 2.89. The zero-order valence-corrected chi connectivity index (χ0v) is 15.5. The topological polar surface area (TPSA) is 49.0 Å². The first kappa shape index (κ1) is 19.0. The van der Waals surface area contributed by atoms with Gasteiger partial charge in [-0.2, -0.15) is 0 Å². The van der Waals surface area contributed by atoms with Gasteiger partial charge in [0.15, 0.2) is 5.65 Å². The van der Waals surface area contributed by atoms with Gasteiger partial charge >= 0.3 is 12.1 Å². The summed E-state index contributed by atoms with van der Waals surface area (Å²) in [5.74, 6) is -0.295. The Morgan fingerprint density at radius 2 is 1.67 bits per heavy atom. The van der Waals surface area contributed by atoms with Gasteiger partial charge in [-0.15, -0.1) is 13.2 Å². The van der Waals surface area contributed by atoms with E-state index in [2.05, 4.69) is 9.72 Å². The largest absolute Gasteiger partial charge is 0.573 e. The minimum absolute atomic E-state index is 0.0783. The lowest BCUT2D eigenvalue weighted by atomic mass is 9.97. The summed E-state index contributed by atoms with van der Waals surface area (Å²) in [5, 5.41) is 0. The van der Waals surface area contributed by atoms with Crippen LogP contribution < -0.4 is 10.4 Å². The van der Waals surface area contributed by atoms with Gasteiger partial charge in [0.05, 0.1) is 11.2 Å². The van der Waals surface area contributed by atoms with Crippen molar-refractivity contribution in [3.05, 3.63) is 46.9 Å². The molecular formula is C19H20F3N3O2. The molecule has 27 heavy (non-hydrogen) atoms. The van der Waals surface area contributed by atoms with Crippen LogP contribution in [0.5, 0.6) is 5.75 Å². The maximum atomic E-state index is 12.6. The summed E-state index contributed by atoms with van der Waals surface area (Å²) >= 11 is 0. The molecular weight excluding hydrogens is 359 g/mol. The number of hydrogen-bond acceptors (Lipinski definition) is 3. The van der Waals surface area contributed by atoms with Crippen molar-refractivity contribution in [1.29, 1.82) is 0 Å². The second kappa shape index (κ2) is 6.44. The van der Waals surface area contributed by atoms with Crippen molar-refractivity contribution in [3.63, 3.8) is 0 Å². The lowest BCUT2D eigenvalue weighted by molar-refractivity contribution is -0.274. The summed E-state index contributed by atoms with van der Waals surface area (Å²) < 4.78 is 43.9. The van der Waals surface area contributed by atoms with Gasteiger partial charge in [0, 0.05) is 19.2 Å². The van der Waals surface area contributed by atoms with Crippen molar-refractivity contribution >= 4 is 11.2 Å². The van der Waals surface area contributed by atoms with Gasteiger partial charge in [-0.1, -0.05) is 20.8 Å². The molecule has 8 heteroatoms. The second-order valence-corrected chi connectivity index (χ2v) is 7.60. The van der Waals surface area contributed by atoms with Gasteiger partial charge in [0.2, 0.25) is 0 Å². The highest BCUT2D eigenvalue weighted by Gasteiger charge is 2.31. The Kier molecular flexibility index (Phi) is 4.53. The predicted molar refractivity (Wildman–Crippen MR) is 96.5 cm³/mol. The number of aromatic nitrogens is 3. The molecule has 0 aliphatic carbocycles.